The van der Waals surface area contributed by atoms with Gasteiger partial charge < -0.3 is 0 Å². The van der Waals surface area contributed by atoms with E-state index in [4.69, 9.17) is 0 Å². The highest BCUT2D eigenvalue weighted by molar-refractivity contribution is 4.96. The molecule has 2 aliphatic carbocycles. The summed E-state index contributed by atoms with van der Waals surface area (Å²) in [6, 6.07) is 1.91. The molecule has 1 heteroatoms. The molecule has 0 aromatic carbocycles. The summed E-state index contributed by atoms with van der Waals surface area (Å²) in [5.74, 6) is 2.12. The summed E-state index contributed by atoms with van der Waals surface area (Å²) in [6.45, 7) is 0. The molecule has 86 valence electrons. The lowest BCUT2D eigenvalue weighted by atomic mass is 9.68. The minimum absolute atomic E-state index is 0.957. The van der Waals surface area contributed by atoms with Crippen LogP contribution in [0.25, 0.3) is 0 Å². The van der Waals surface area contributed by atoms with Gasteiger partial charge in [-0.1, -0.05) is 25.7 Å². The molecule has 0 N–H and O–H groups in total. The molecular formula is C14H25N. The number of nitrogens with zero attached hydrogens (tertiary/aromatic N) is 1. The molecule has 0 spiro atoms. The van der Waals surface area contributed by atoms with Gasteiger partial charge in [0.1, 0.15) is 0 Å². The molecule has 1 aliphatic heterocycles. The zero-order valence-corrected chi connectivity index (χ0v) is 10.1. The zero-order chi connectivity index (χ0) is 10.3. The molecule has 0 bridgehead atoms. The monoisotopic (exact) mass is 207 g/mol. The summed E-state index contributed by atoms with van der Waals surface area (Å²) in [5.41, 5.74) is 0. The first-order chi connectivity index (χ1) is 7.36. The van der Waals surface area contributed by atoms with Gasteiger partial charge in [0, 0.05) is 12.1 Å². The van der Waals surface area contributed by atoms with Crippen molar-refractivity contribution in [1.82, 2.24) is 4.90 Å². The van der Waals surface area contributed by atoms with Gasteiger partial charge in [-0.25, -0.2) is 0 Å². The lowest BCUT2D eigenvalue weighted by Crippen LogP contribution is -2.54. The SMILES string of the molecule is CN1[C@@H]2CCCC[C@@H]2C[C@H]2CCCC[C@H]21. The van der Waals surface area contributed by atoms with E-state index in [1.165, 1.54) is 51.4 Å². The maximum absolute atomic E-state index is 2.79. The zero-order valence-electron chi connectivity index (χ0n) is 10.1. The highest BCUT2D eigenvalue weighted by Crippen LogP contribution is 2.44. The van der Waals surface area contributed by atoms with E-state index in [9.17, 15) is 0 Å². The first kappa shape index (κ1) is 10.1. The van der Waals surface area contributed by atoms with Gasteiger partial charge in [0.25, 0.3) is 0 Å². The number of hydrogen-bond acceptors (Lipinski definition) is 1. The van der Waals surface area contributed by atoms with Gasteiger partial charge in [0.2, 0.25) is 0 Å². The number of fused-ring (bicyclic) bond motifs is 2. The van der Waals surface area contributed by atoms with Gasteiger partial charge >= 0.3 is 0 Å². The highest BCUT2D eigenvalue weighted by Gasteiger charge is 2.42. The summed E-state index contributed by atoms with van der Waals surface area (Å²) >= 11 is 0. The summed E-state index contributed by atoms with van der Waals surface area (Å²) in [5, 5.41) is 0. The first-order valence-corrected chi connectivity index (χ1v) is 7.08. The lowest BCUT2D eigenvalue weighted by Gasteiger charge is -2.52. The normalized spacial score (nSPS) is 47.0. The van der Waals surface area contributed by atoms with E-state index in [1.54, 1.807) is 6.42 Å². The first-order valence-electron chi connectivity index (χ1n) is 7.08. The van der Waals surface area contributed by atoms with Crippen LogP contribution in [-0.2, 0) is 0 Å². The second-order valence-electron chi connectivity index (χ2n) is 6.12. The largest absolute Gasteiger partial charge is 0.300 e. The van der Waals surface area contributed by atoms with Crippen molar-refractivity contribution in [1.29, 1.82) is 0 Å². The minimum Gasteiger partial charge on any atom is -0.300 e. The van der Waals surface area contributed by atoms with Crippen LogP contribution in [0.4, 0.5) is 0 Å². The average Bonchev–Trinajstić information content (AvgIpc) is 2.30. The Balaban J connectivity index is 1.76. The van der Waals surface area contributed by atoms with Crippen LogP contribution < -0.4 is 0 Å². The van der Waals surface area contributed by atoms with E-state index in [0.29, 0.717) is 0 Å². The van der Waals surface area contributed by atoms with Crippen LogP contribution >= 0.6 is 0 Å². The Morgan fingerprint density at radius 2 is 1.20 bits per heavy atom. The van der Waals surface area contributed by atoms with Crippen LogP contribution in [0.5, 0.6) is 0 Å². The summed E-state index contributed by atoms with van der Waals surface area (Å²) < 4.78 is 0. The smallest absolute Gasteiger partial charge is 0.0124 e. The predicted molar refractivity (Wildman–Crippen MR) is 63.9 cm³/mol. The van der Waals surface area contributed by atoms with Crippen LogP contribution in [-0.4, -0.2) is 24.0 Å². The van der Waals surface area contributed by atoms with E-state index in [1.807, 2.05) is 0 Å². The number of piperidine rings is 1. The topological polar surface area (TPSA) is 3.24 Å². The molecule has 15 heavy (non-hydrogen) atoms. The van der Waals surface area contributed by atoms with Crippen molar-refractivity contribution in [3.05, 3.63) is 0 Å². The van der Waals surface area contributed by atoms with Gasteiger partial charge in [-0.2, -0.15) is 0 Å². The molecule has 2 saturated carbocycles. The third-order valence-electron chi connectivity index (χ3n) is 5.39. The molecule has 0 amide bonds. The van der Waals surface area contributed by atoms with Crippen molar-refractivity contribution in [2.75, 3.05) is 7.05 Å². The molecule has 1 heterocycles. The molecular weight excluding hydrogens is 182 g/mol. The summed E-state index contributed by atoms with van der Waals surface area (Å²) in [7, 11) is 2.42. The molecule has 1 nitrogen and oxygen atoms in total. The Labute approximate surface area is 94.2 Å². The fraction of sp³-hybridized carbons (Fsp3) is 1.00. The Morgan fingerprint density at radius 3 is 1.73 bits per heavy atom. The maximum atomic E-state index is 2.79. The maximum Gasteiger partial charge on any atom is 0.0124 e. The Kier molecular flexibility index (Phi) is 2.76. The van der Waals surface area contributed by atoms with Gasteiger partial charge in [-0.3, -0.25) is 4.90 Å². The Morgan fingerprint density at radius 1 is 0.733 bits per heavy atom. The third-order valence-corrected chi connectivity index (χ3v) is 5.39. The fourth-order valence-electron chi connectivity index (χ4n) is 4.63. The number of hydrogen-bond donors (Lipinski definition) is 0. The van der Waals surface area contributed by atoms with Crippen LogP contribution in [0.1, 0.15) is 57.8 Å². The van der Waals surface area contributed by atoms with Gasteiger partial charge in [0.05, 0.1) is 0 Å². The van der Waals surface area contributed by atoms with Crippen molar-refractivity contribution in [2.24, 2.45) is 11.8 Å². The highest BCUT2D eigenvalue weighted by atomic mass is 15.2. The second-order valence-corrected chi connectivity index (χ2v) is 6.12. The van der Waals surface area contributed by atoms with Crippen LogP contribution in [0, 0.1) is 11.8 Å². The number of rotatable bonds is 0. The molecule has 0 unspecified atom stereocenters. The van der Waals surface area contributed by atoms with Gasteiger partial charge in [0.15, 0.2) is 0 Å². The molecule has 0 radical (unpaired) electrons. The minimum atomic E-state index is 0.957. The molecule has 4 atom stereocenters. The molecule has 0 aromatic rings. The van der Waals surface area contributed by atoms with Gasteiger partial charge in [-0.05, 0) is 51.0 Å². The Bertz CT molecular complexity index is 203. The average molecular weight is 207 g/mol. The van der Waals surface area contributed by atoms with E-state index in [0.717, 1.165) is 23.9 Å². The van der Waals surface area contributed by atoms with Gasteiger partial charge in [-0.15, -0.1) is 0 Å². The fourth-order valence-corrected chi connectivity index (χ4v) is 4.63. The van der Waals surface area contributed by atoms with Crippen LogP contribution in [0.15, 0.2) is 0 Å². The van der Waals surface area contributed by atoms with Crippen molar-refractivity contribution in [3.8, 4) is 0 Å². The van der Waals surface area contributed by atoms with E-state index in [2.05, 4.69) is 11.9 Å². The predicted octanol–water partition coefficient (Wildman–Crippen LogP) is 3.44. The third kappa shape index (κ3) is 1.73. The van der Waals surface area contributed by atoms with Crippen LogP contribution in [0.3, 0.4) is 0 Å². The van der Waals surface area contributed by atoms with E-state index < -0.39 is 0 Å². The number of likely N-dealkylation sites (tertiary alicyclic amines) is 1. The molecule has 1 saturated heterocycles. The summed E-state index contributed by atoms with van der Waals surface area (Å²) in [6.07, 6.45) is 13.6. The van der Waals surface area contributed by atoms with Crippen molar-refractivity contribution < 1.29 is 0 Å². The molecule has 3 fully saturated rings. The lowest BCUT2D eigenvalue weighted by molar-refractivity contribution is -0.0208. The molecule has 0 aromatic heterocycles. The van der Waals surface area contributed by atoms with Crippen molar-refractivity contribution in [2.45, 2.75) is 69.9 Å². The van der Waals surface area contributed by atoms with E-state index >= 15 is 0 Å². The molecule has 3 rings (SSSR count). The van der Waals surface area contributed by atoms with Crippen molar-refractivity contribution >= 4 is 0 Å². The Hall–Kier alpha value is -0.0400. The summed E-state index contributed by atoms with van der Waals surface area (Å²) in [4.78, 5) is 2.79. The standard InChI is InChI=1S/C14H25N/c1-15-13-8-4-2-6-11(13)10-12-7-3-5-9-14(12)15/h11-14H,2-10H2,1H3/t11-,12-,13-,14-/m1/s1. The van der Waals surface area contributed by atoms with Crippen molar-refractivity contribution in [3.63, 3.8) is 0 Å². The second kappa shape index (κ2) is 4.08. The molecule has 3 aliphatic rings. The quantitative estimate of drug-likeness (QED) is 0.588. The van der Waals surface area contributed by atoms with Crippen LogP contribution in [0.2, 0.25) is 0 Å². The van der Waals surface area contributed by atoms with E-state index in [-0.39, 0.29) is 0 Å².